The van der Waals surface area contributed by atoms with Crippen LogP contribution in [0.25, 0.3) is 0 Å². The third-order valence-corrected chi connectivity index (χ3v) is 4.33. The molecule has 0 aliphatic heterocycles. The Morgan fingerprint density at radius 3 is 2.83 bits per heavy atom. The summed E-state index contributed by atoms with van der Waals surface area (Å²) in [5.74, 6) is 3.40. The molecule has 0 radical (unpaired) electrons. The summed E-state index contributed by atoms with van der Waals surface area (Å²) in [6.45, 7) is 3.15. The van der Waals surface area contributed by atoms with Crippen molar-refractivity contribution in [2.75, 3.05) is 19.0 Å². The van der Waals surface area contributed by atoms with Crippen LogP contribution in [0, 0.1) is 24.7 Å². The number of rotatable bonds is 4. The second-order valence-electron chi connectivity index (χ2n) is 5.62. The molecule has 2 aliphatic rings. The van der Waals surface area contributed by atoms with Crippen LogP contribution in [0.5, 0.6) is 5.75 Å². The van der Waals surface area contributed by atoms with E-state index in [0.717, 1.165) is 35.7 Å². The van der Waals surface area contributed by atoms with Crippen molar-refractivity contribution >= 4 is 5.69 Å². The van der Waals surface area contributed by atoms with Gasteiger partial charge in [0.25, 0.3) is 0 Å². The number of fused-ring (bicyclic) bond motifs is 2. The van der Waals surface area contributed by atoms with E-state index in [4.69, 9.17) is 4.74 Å². The highest BCUT2D eigenvalue weighted by Crippen LogP contribution is 2.43. The lowest BCUT2D eigenvalue weighted by molar-refractivity contribution is 0.414. The van der Waals surface area contributed by atoms with E-state index < -0.39 is 0 Å². The van der Waals surface area contributed by atoms with E-state index in [1.54, 1.807) is 7.11 Å². The van der Waals surface area contributed by atoms with Crippen LogP contribution in [0.3, 0.4) is 0 Å². The van der Waals surface area contributed by atoms with Crippen molar-refractivity contribution in [1.29, 1.82) is 0 Å². The Morgan fingerprint density at radius 1 is 1.28 bits per heavy atom. The molecular weight excluding hydrogens is 222 g/mol. The molecule has 3 atom stereocenters. The number of methoxy groups -OCH3 is 1. The summed E-state index contributed by atoms with van der Waals surface area (Å²) in [6, 6.07) is 6.34. The first-order chi connectivity index (χ1) is 8.76. The molecule has 0 amide bonds. The van der Waals surface area contributed by atoms with Gasteiger partial charge in [0.2, 0.25) is 0 Å². The number of benzene rings is 1. The molecule has 0 heterocycles. The third-order valence-electron chi connectivity index (χ3n) is 4.33. The molecule has 2 nitrogen and oxygen atoms in total. The van der Waals surface area contributed by atoms with Crippen molar-refractivity contribution in [2.45, 2.75) is 19.8 Å². The normalized spacial score (nSPS) is 28.7. The van der Waals surface area contributed by atoms with Crippen LogP contribution in [0.2, 0.25) is 0 Å². The van der Waals surface area contributed by atoms with Crippen molar-refractivity contribution in [1.82, 2.24) is 0 Å². The van der Waals surface area contributed by atoms with Gasteiger partial charge in [0.15, 0.2) is 0 Å². The lowest BCUT2D eigenvalue weighted by atomic mass is 9.93. The summed E-state index contributed by atoms with van der Waals surface area (Å²) in [5, 5.41) is 3.56. The standard InChI is InChI=1S/C16H21NO/c1-11-3-6-15(16(7-11)18-2)17-10-14-9-12-4-5-13(14)8-12/h3-7,12-14,17H,8-10H2,1-2H3. The van der Waals surface area contributed by atoms with Gasteiger partial charge in [-0.3, -0.25) is 0 Å². The van der Waals surface area contributed by atoms with Crippen molar-refractivity contribution < 1.29 is 4.74 Å². The van der Waals surface area contributed by atoms with E-state index in [0.29, 0.717) is 0 Å². The maximum atomic E-state index is 5.43. The highest BCUT2D eigenvalue weighted by atomic mass is 16.5. The first kappa shape index (κ1) is 11.6. The van der Waals surface area contributed by atoms with Gasteiger partial charge in [-0.1, -0.05) is 18.2 Å². The molecule has 0 spiro atoms. The largest absolute Gasteiger partial charge is 0.495 e. The number of hydrogen-bond acceptors (Lipinski definition) is 2. The molecular formula is C16H21NO. The van der Waals surface area contributed by atoms with Crippen LogP contribution in [-0.4, -0.2) is 13.7 Å². The molecule has 1 aromatic carbocycles. The maximum Gasteiger partial charge on any atom is 0.142 e. The molecule has 2 bridgehead atoms. The number of ether oxygens (including phenoxy) is 1. The summed E-state index contributed by atoms with van der Waals surface area (Å²) in [5.41, 5.74) is 2.36. The fourth-order valence-electron chi connectivity index (χ4n) is 3.31. The van der Waals surface area contributed by atoms with Gasteiger partial charge in [0.1, 0.15) is 5.75 Å². The fourth-order valence-corrected chi connectivity index (χ4v) is 3.31. The Hall–Kier alpha value is -1.44. The second-order valence-corrected chi connectivity index (χ2v) is 5.62. The average molecular weight is 243 g/mol. The summed E-state index contributed by atoms with van der Waals surface area (Å²) >= 11 is 0. The summed E-state index contributed by atoms with van der Waals surface area (Å²) in [4.78, 5) is 0. The molecule has 2 aliphatic carbocycles. The van der Waals surface area contributed by atoms with Crippen molar-refractivity contribution in [3.63, 3.8) is 0 Å². The Labute approximate surface area is 109 Å². The average Bonchev–Trinajstić information content (AvgIpc) is 2.99. The van der Waals surface area contributed by atoms with Gasteiger partial charge < -0.3 is 10.1 Å². The zero-order valence-corrected chi connectivity index (χ0v) is 11.1. The topological polar surface area (TPSA) is 21.3 Å². The van der Waals surface area contributed by atoms with Gasteiger partial charge in [-0.15, -0.1) is 0 Å². The van der Waals surface area contributed by atoms with Gasteiger partial charge in [-0.25, -0.2) is 0 Å². The Morgan fingerprint density at radius 2 is 2.17 bits per heavy atom. The van der Waals surface area contributed by atoms with Crippen LogP contribution >= 0.6 is 0 Å². The van der Waals surface area contributed by atoms with E-state index in [-0.39, 0.29) is 0 Å². The minimum atomic E-state index is 0.797. The molecule has 0 aromatic heterocycles. The molecule has 1 saturated carbocycles. The number of allylic oxidation sites excluding steroid dienone is 2. The second kappa shape index (κ2) is 4.68. The summed E-state index contributed by atoms with van der Waals surface area (Å²) < 4.78 is 5.43. The first-order valence-corrected chi connectivity index (χ1v) is 6.83. The highest BCUT2D eigenvalue weighted by Gasteiger charge is 2.35. The highest BCUT2D eigenvalue weighted by molar-refractivity contribution is 5.57. The number of hydrogen-bond donors (Lipinski definition) is 1. The fraction of sp³-hybridized carbons (Fsp3) is 0.500. The SMILES string of the molecule is COc1cc(C)ccc1NCC1CC2C=CC1C2. The predicted octanol–water partition coefficient (Wildman–Crippen LogP) is 3.63. The first-order valence-electron chi connectivity index (χ1n) is 6.83. The number of nitrogens with one attached hydrogen (secondary N) is 1. The molecule has 96 valence electrons. The van der Waals surface area contributed by atoms with Crippen LogP contribution in [0.1, 0.15) is 18.4 Å². The quantitative estimate of drug-likeness (QED) is 0.815. The Bertz CT molecular complexity index is 466. The molecule has 1 fully saturated rings. The minimum absolute atomic E-state index is 0.797. The van der Waals surface area contributed by atoms with Crippen LogP contribution in [0.15, 0.2) is 30.4 Å². The molecule has 0 saturated heterocycles. The number of aryl methyl sites for hydroxylation is 1. The Kier molecular flexibility index (Phi) is 3.02. The molecule has 1 aromatic rings. The van der Waals surface area contributed by atoms with Crippen molar-refractivity contribution in [3.05, 3.63) is 35.9 Å². The van der Waals surface area contributed by atoms with E-state index >= 15 is 0 Å². The molecule has 2 heteroatoms. The Balaban J connectivity index is 1.65. The summed E-state index contributed by atoms with van der Waals surface area (Å²) in [7, 11) is 1.74. The van der Waals surface area contributed by atoms with E-state index in [1.165, 1.54) is 18.4 Å². The van der Waals surface area contributed by atoms with Gasteiger partial charge in [0, 0.05) is 6.54 Å². The predicted molar refractivity (Wildman–Crippen MR) is 75.1 cm³/mol. The zero-order chi connectivity index (χ0) is 12.5. The van der Waals surface area contributed by atoms with E-state index in [2.05, 4.69) is 42.6 Å². The number of anilines is 1. The van der Waals surface area contributed by atoms with Crippen molar-refractivity contribution in [3.8, 4) is 5.75 Å². The molecule has 1 N–H and O–H groups in total. The lowest BCUT2D eigenvalue weighted by Crippen LogP contribution is -2.18. The van der Waals surface area contributed by atoms with Crippen molar-refractivity contribution in [2.24, 2.45) is 17.8 Å². The molecule has 18 heavy (non-hydrogen) atoms. The minimum Gasteiger partial charge on any atom is -0.495 e. The van der Waals surface area contributed by atoms with E-state index in [1.807, 2.05) is 0 Å². The van der Waals surface area contributed by atoms with Gasteiger partial charge in [0.05, 0.1) is 12.8 Å². The van der Waals surface area contributed by atoms with Gasteiger partial charge >= 0.3 is 0 Å². The maximum absolute atomic E-state index is 5.43. The third kappa shape index (κ3) is 2.12. The van der Waals surface area contributed by atoms with Gasteiger partial charge in [-0.2, -0.15) is 0 Å². The van der Waals surface area contributed by atoms with Crippen LogP contribution in [0.4, 0.5) is 5.69 Å². The lowest BCUT2D eigenvalue weighted by Gasteiger charge is -2.20. The monoisotopic (exact) mass is 243 g/mol. The molecule has 3 unspecified atom stereocenters. The van der Waals surface area contributed by atoms with E-state index in [9.17, 15) is 0 Å². The van der Waals surface area contributed by atoms with Crippen LogP contribution in [-0.2, 0) is 0 Å². The van der Waals surface area contributed by atoms with Crippen LogP contribution < -0.4 is 10.1 Å². The molecule has 3 rings (SSSR count). The van der Waals surface area contributed by atoms with Gasteiger partial charge in [-0.05, 0) is 55.2 Å². The summed E-state index contributed by atoms with van der Waals surface area (Å²) in [6.07, 6.45) is 7.53. The zero-order valence-electron chi connectivity index (χ0n) is 11.1. The smallest absolute Gasteiger partial charge is 0.142 e.